The molecule has 0 aliphatic heterocycles. The van der Waals surface area contributed by atoms with Crippen molar-refractivity contribution >= 4 is 23.9 Å². The van der Waals surface area contributed by atoms with Crippen LogP contribution in [-0.2, 0) is 40.9 Å². The van der Waals surface area contributed by atoms with Crippen LogP contribution in [0.5, 0.6) is 0 Å². The number of carbonyl (C=O) groups is 4. The van der Waals surface area contributed by atoms with Crippen LogP contribution in [0.15, 0.2) is 0 Å². The first-order chi connectivity index (χ1) is 10.2. The number of carbonyl (C=O) groups excluding carboxylic acids is 4. The average Bonchev–Trinajstić information content (AvgIpc) is 2.39. The van der Waals surface area contributed by atoms with Crippen molar-refractivity contribution < 1.29 is 61.3 Å². The molecular weight excluding hydrogens is 344 g/mol. The third-order valence-corrected chi connectivity index (χ3v) is 3.62. The van der Waals surface area contributed by atoms with Gasteiger partial charge in [-0.2, -0.15) is 0 Å². The van der Waals surface area contributed by atoms with Crippen LogP contribution in [0.2, 0.25) is 0 Å². The summed E-state index contributed by atoms with van der Waals surface area (Å²) in [6.45, 7) is 2.00. The number of carboxylic acid groups (broad SMARTS) is 4. The first-order valence-electron chi connectivity index (χ1n) is 7.08. The summed E-state index contributed by atoms with van der Waals surface area (Å²) in [5, 5.41) is 44.0. The monoisotopic (exact) mass is 362 g/mol. The zero-order valence-corrected chi connectivity index (χ0v) is 14.4. The number of aliphatic carboxylic acids is 4. The molecule has 8 nitrogen and oxygen atoms in total. The maximum atomic E-state index is 11.0. The van der Waals surface area contributed by atoms with Crippen LogP contribution in [0.4, 0.5) is 0 Å². The summed E-state index contributed by atoms with van der Waals surface area (Å²) in [4.78, 5) is 44.0. The summed E-state index contributed by atoms with van der Waals surface area (Å²) < 4.78 is 0. The van der Waals surface area contributed by atoms with Gasteiger partial charge in [0, 0.05) is 11.9 Å². The quantitative estimate of drug-likeness (QED) is 0.195. The average molecular weight is 362 g/mol. The Kier molecular flexibility index (Phi) is 11.6. The third kappa shape index (κ3) is 5.95. The summed E-state index contributed by atoms with van der Waals surface area (Å²) in [7, 11) is 0. The van der Waals surface area contributed by atoms with E-state index >= 15 is 0 Å². The zero-order chi connectivity index (χ0) is 17.3. The van der Waals surface area contributed by atoms with Crippen LogP contribution in [0.1, 0.15) is 51.9 Å². The van der Waals surface area contributed by atoms with Crippen LogP contribution in [-0.4, -0.2) is 23.9 Å². The van der Waals surface area contributed by atoms with E-state index in [-0.39, 0.29) is 28.1 Å². The van der Waals surface area contributed by atoms with Crippen LogP contribution in [0.25, 0.3) is 0 Å². The largest absolute Gasteiger partial charge is 4.00 e. The number of rotatable bonds is 12. The minimum absolute atomic E-state index is 0. The maximum Gasteiger partial charge on any atom is 4.00 e. The van der Waals surface area contributed by atoms with Gasteiger partial charge in [-0.1, -0.05) is 45.4 Å². The Morgan fingerprint density at radius 3 is 1.52 bits per heavy atom. The maximum absolute atomic E-state index is 11.0. The predicted octanol–water partition coefficient (Wildman–Crippen LogP) is -3.66. The minimum Gasteiger partial charge on any atom is -0.550 e. The van der Waals surface area contributed by atoms with Crippen molar-refractivity contribution in [3.8, 4) is 0 Å². The molecule has 0 aromatic rings. The molecule has 0 aliphatic carbocycles. The van der Waals surface area contributed by atoms with Gasteiger partial charge in [0.2, 0.25) is 0 Å². The molecule has 0 aromatic heterocycles. The van der Waals surface area contributed by atoms with E-state index in [4.69, 9.17) is 0 Å². The second-order valence-electron chi connectivity index (χ2n) is 5.10. The van der Waals surface area contributed by atoms with Crippen LogP contribution in [0, 0.1) is 11.3 Å². The van der Waals surface area contributed by atoms with Gasteiger partial charge in [0.05, 0.1) is 23.3 Å². The summed E-state index contributed by atoms with van der Waals surface area (Å²) in [6.07, 6.45) is 3.74. The van der Waals surface area contributed by atoms with Crippen molar-refractivity contribution in [2.24, 2.45) is 11.3 Å². The minimum atomic E-state index is -3.76. The van der Waals surface area contributed by atoms with Gasteiger partial charge in [-0.05, 0) is 6.42 Å². The van der Waals surface area contributed by atoms with E-state index in [0.717, 1.165) is 25.7 Å². The smallest absolute Gasteiger partial charge is 0.550 e. The number of unbranched alkanes of at least 4 members (excludes halogenated alkanes) is 5. The Hall–Kier alpha value is -1.41. The fourth-order valence-corrected chi connectivity index (χ4v) is 2.32. The second-order valence-corrected chi connectivity index (χ2v) is 5.10. The molecule has 0 fully saturated rings. The van der Waals surface area contributed by atoms with E-state index in [2.05, 4.69) is 0 Å². The second kappa shape index (κ2) is 11.2. The van der Waals surface area contributed by atoms with Gasteiger partial charge < -0.3 is 39.6 Å². The molecule has 0 N–H and O–H groups in total. The fourth-order valence-electron chi connectivity index (χ4n) is 2.32. The van der Waals surface area contributed by atoms with Crippen molar-refractivity contribution in [1.29, 1.82) is 0 Å². The molecular formula is C14H18O8Ti. The Morgan fingerprint density at radius 2 is 1.17 bits per heavy atom. The molecule has 0 aliphatic rings. The van der Waals surface area contributed by atoms with Crippen molar-refractivity contribution in [2.45, 2.75) is 51.9 Å². The third-order valence-electron chi connectivity index (χ3n) is 3.62. The SMILES string of the molecule is CCCCCCCCC(C(=O)[O-])C(C(=O)[O-])(C(=O)[O-])C(=O)[O-].[Ti+4]. The Morgan fingerprint density at radius 1 is 0.783 bits per heavy atom. The summed E-state index contributed by atoms with van der Waals surface area (Å²) in [5.74, 6) is -12.2. The molecule has 0 amide bonds. The first-order valence-corrected chi connectivity index (χ1v) is 7.08. The Bertz CT molecular complexity index is 398. The first kappa shape index (κ1) is 23.9. The van der Waals surface area contributed by atoms with Gasteiger partial charge in [0.15, 0.2) is 0 Å². The Balaban J connectivity index is 0. The Labute approximate surface area is 148 Å². The van der Waals surface area contributed by atoms with Gasteiger partial charge in [-0.15, -0.1) is 0 Å². The standard InChI is InChI=1S/C14H22O8.Ti/c1-2-3-4-5-6-7-8-9(10(15)16)14(11(17)18,12(19)20)13(21)22;/h9H,2-8H2,1H3,(H,15,16)(H,17,18)(H,19,20)(H,21,22);/q;+4/p-4. The summed E-state index contributed by atoms with van der Waals surface area (Å²) >= 11 is 0. The van der Waals surface area contributed by atoms with Gasteiger partial charge in [-0.25, -0.2) is 0 Å². The van der Waals surface area contributed by atoms with Gasteiger partial charge in [-0.3, -0.25) is 0 Å². The predicted molar refractivity (Wildman–Crippen MR) is 63.9 cm³/mol. The van der Waals surface area contributed by atoms with E-state index < -0.39 is 41.6 Å². The normalized spacial score (nSPS) is 12.0. The zero-order valence-electron chi connectivity index (χ0n) is 12.8. The van der Waals surface area contributed by atoms with Crippen molar-refractivity contribution in [3.63, 3.8) is 0 Å². The molecule has 0 aromatic carbocycles. The molecule has 1 unspecified atom stereocenters. The van der Waals surface area contributed by atoms with E-state index in [9.17, 15) is 39.6 Å². The van der Waals surface area contributed by atoms with E-state index in [1.165, 1.54) is 0 Å². The van der Waals surface area contributed by atoms with Gasteiger partial charge >= 0.3 is 21.7 Å². The van der Waals surface area contributed by atoms with Crippen LogP contribution in [0.3, 0.4) is 0 Å². The summed E-state index contributed by atoms with van der Waals surface area (Å²) in [5.41, 5.74) is -3.76. The molecule has 1 atom stereocenters. The molecule has 23 heavy (non-hydrogen) atoms. The number of hydrogen-bond donors (Lipinski definition) is 0. The van der Waals surface area contributed by atoms with Crippen LogP contribution >= 0.6 is 0 Å². The van der Waals surface area contributed by atoms with E-state index in [1.807, 2.05) is 6.92 Å². The van der Waals surface area contributed by atoms with Gasteiger partial charge in [0.1, 0.15) is 0 Å². The number of carboxylic acids is 4. The molecule has 0 spiro atoms. The molecule has 0 saturated carbocycles. The van der Waals surface area contributed by atoms with Crippen LogP contribution < -0.4 is 20.4 Å². The molecule has 126 valence electrons. The molecule has 0 heterocycles. The fraction of sp³-hybridized carbons (Fsp3) is 0.714. The molecule has 0 rings (SSSR count). The van der Waals surface area contributed by atoms with E-state index in [0.29, 0.717) is 6.42 Å². The van der Waals surface area contributed by atoms with Crippen molar-refractivity contribution in [2.75, 3.05) is 0 Å². The van der Waals surface area contributed by atoms with E-state index in [1.54, 1.807) is 0 Å². The molecule has 0 saturated heterocycles. The van der Waals surface area contributed by atoms with Crippen molar-refractivity contribution in [3.05, 3.63) is 0 Å². The summed E-state index contributed by atoms with van der Waals surface area (Å²) in [6, 6.07) is 0. The topological polar surface area (TPSA) is 161 Å². The molecule has 0 radical (unpaired) electrons. The molecule has 9 heteroatoms. The van der Waals surface area contributed by atoms with Crippen molar-refractivity contribution in [1.82, 2.24) is 0 Å². The van der Waals surface area contributed by atoms with Gasteiger partial charge in [0.25, 0.3) is 0 Å². The number of hydrogen-bond acceptors (Lipinski definition) is 8. The molecule has 0 bridgehead atoms.